The summed E-state index contributed by atoms with van der Waals surface area (Å²) in [6.45, 7) is 1.98. The van der Waals surface area contributed by atoms with Crippen molar-refractivity contribution < 1.29 is 18.4 Å². The Morgan fingerprint density at radius 2 is 1.81 bits per heavy atom. The van der Waals surface area contributed by atoms with E-state index in [1.54, 1.807) is 31.2 Å². The van der Waals surface area contributed by atoms with E-state index in [2.05, 4.69) is 20.4 Å². The number of halogens is 2. The Hall–Kier alpha value is -4.98. The molecular weight excluding hydrogens is 480 g/mol. The second-order valence-corrected chi connectivity index (χ2v) is 8.47. The molecule has 3 heterocycles. The van der Waals surface area contributed by atoms with Crippen molar-refractivity contribution in [1.82, 2.24) is 19.7 Å². The minimum Gasteiger partial charge on any atom is -0.322 e. The maximum Gasteiger partial charge on any atom is 0.301 e. The van der Waals surface area contributed by atoms with Gasteiger partial charge >= 0.3 is 5.92 Å². The highest BCUT2D eigenvalue weighted by atomic mass is 19.3. The van der Waals surface area contributed by atoms with Gasteiger partial charge in [-0.05, 0) is 25.1 Å². The number of aromatic nitrogens is 4. The Bertz CT molecular complexity index is 1530. The summed E-state index contributed by atoms with van der Waals surface area (Å²) >= 11 is 0. The van der Waals surface area contributed by atoms with Gasteiger partial charge in [0.1, 0.15) is 5.69 Å². The quantitative estimate of drug-likeness (QED) is 0.444. The topological polar surface area (TPSA) is 117 Å². The largest absolute Gasteiger partial charge is 0.322 e. The number of nitriles is 1. The van der Waals surface area contributed by atoms with Gasteiger partial charge in [-0.15, -0.1) is 0 Å². The van der Waals surface area contributed by atoms with Crippen LogP contribution in [0.5, 0.6) is 0 Å². The summed E-state index contributed by atoms with van der Waals surface area (Å²) in [6, 6.07) is 15.2. The van der Waals surface area contributed by atoms with E-state index < -0.39 is 29.3 Å². The van der Waals surface area contributed by atoms with Crippen LogP contribution in [-0.2, 0) is 12.5 Å². The van der Waals surface area contributed by atoms with Crippen molar-refractivity contribution in [2.75, 3.05) is 10.2 Å². The number of rotatable bonds is 5. The predicted octanol–water partition coefficient (Wildman–Crippen LogP) is 3.99. The Kier molecular flexibility index (Phi) is 5.93. The summed E-state index contributed by atoms with van der Waals surface area (Å²) in [7, 11) is 0. The maximum absolute atomic E-state index is 14.9. The number of alkyl halides is 2. The Morgan fingerprint density at radius 3 is 2.51 bits per heavy atom. The highest BCUT2D eigenvalue weighted by Gasteiger charge is 2.38. The smallest absolute Gasteiger partial charge is 0.301 e. The summed E-state index contributed by atoms with van der Waals surface area (Å²) < 4.78 is 31.2. The molecule has 2 aromatic heterocycles. The molecule has 5 rings (SSSR count). The summed E-state index contributed by atoms with van der Waals surface area (Å²) in [5, 5.41) is 15.9. The van der Waals surface area contributed by atoms with Crippen LogP contribution >= 0.6 is 0 Å². The number of anilines is 2. The first-order valence-electron chi connectivity index (χ1n) is 11.3. The van der Waals surface area contributed by atoms with Gasteiger partial charge in [-0.1, -0.05) is 36.4 Å². The van der Waals surface area contributed by atoms with E-state index in [9.17, 15) is 18.4 Å². The number of hydrogen-bond donors (Lipinski definition) is 1. The lowest BCUT2D eigenvalue weighted by Crippen LogP contribution is -2.48. The average Bonchev–Trinajstić information content (AvgIpc) is 3.34. The maximum atomic E-state index is 14.9. The third-order valence-electron chi connectivity index (χ3n) is 5.99. The molecule has 0 unspecified atom stereocenters. The van der Waals surface area contributed by atoms with E-state index in [-0.39, 0.29) is 29.3 Å². The van der Waals surface area contributed by atoms with Crippen molar-refractivity contribution in [2.24, 2.45) is 0 Å². The van der Waals surface area contributed by atoms with Gasteiger partial charge in [0.15, 0.2) is 0 Å². The van der Waals surface area contributed by atoms with Crippen LogP contribution in [0, 0.1) is 11.3 Å². The molecule has 1 aliphatic heterocycles. The molecule has 0 bridgehead atoms. The molecule has 2 amide bonds. The third kappa shape index (κ3) is 4.29. The molecule has 0 saturated carbocycles. The molecule has 1 atom stereocenters. The molecule has 0 saturated heterocycles. The zero-order valence-electron chi connectivity index (χ0n) is 19.5. The number of nitrogens with one attached hydrogen (secondary N) is 1. The fourth-order valence-corrected chi connectivity index (χ4v) is 4.14. The normalized spacial score (nSPS) is 15.1. The SMILES string of the molecule is C[C@H]1Cn2ncc(C(=O)Nc3cccc(C#N)c3)c2C(=O)N1c1ncc(C(F)(F)c2ccccc2)cn1. The van der Waals surface area contributed by atoms with Gasteiger partial charge < -0.3 is 5.32 Å². The van der Waals surface area contributed by atoms with E-state index in [0.29, 0.717) is 11.3 Å². The molecule has 1 aliphatic rings. The summed E-state index contributed by atoms with van der Waals surface area (Å²) in [6.07, 6.45) is 3.28. The zero-order valence-corrected chi connectivity index (χ0v) is 19.5. The van der Waals surface area contributed by atoms with Gasteiger partial charge in [0.05, 0.1) is 41.5 Å². The second-order valence-electron chi connectivity index (χ2n) is 8.47. The van der Waals surface area contributed by atoms with E-state index in [1.165, 1.54) is 46.1 Å². The van der Waals surface area contributed by atoms with Crippen LogP contribution < -0.4 is 10.2 Å². The van der Waals surface area contributed by atoms with Crippen molar-refractivity contribution in [3.63, 3.8) is 0 Å². The van der Waals surface area contributed by atoms with Crippen LogP contribution in [0.4, 0.5) is 20.4 Å². The fourth-order valence-electron chi connectivity index (χ4n) is 4.14. The van der Waals surface area contributed by atoms with Gasteiger partial charge in [-0.25, -0.2) is 9.97 Å². The minimum atomic E-state index is -3.32. The first-order valence-corrected chi connectivity index (χ1v) is 11.3. The monoisotopic (exact) mass is 499 g/mol. The standard InChI is InChI=1S/C26H19F2N7O2/c1-16-15-34-22(21(14-32-34)23(36)33-20-9-5-6-17(10-20)11-29)24(37)35(16)25-30-12-19(13-31-25)26(27,28)18-7-3-2-4-8-18/h2-10,12-14,16H,15H2,1H3,(H,33,36)/t16-/m0/s1. The number of fused-ring (bicyclic) bond motifs is 1. The number of benzene rings is 2. The Morgan fingerprint density at radius 1 is 1.08 bits per heavy atom. The summed E-state index contributed by atoms with van der Waals surface area (Å²) in [4.78, 5) is 35.9. The van der Waals surface area contributed by atoms with Crippen molar-refractivity contribution >= 4 is 23.5 Å². The Labute approximate surface area is 210 Å². The lowest BCUT2D eigenvalue weighted by Gasteiger charge is -2.32. The molecule has 37 heavy (non-hydrogen) atoms. The second kappa shape index (κ2) is 9.23. The van der Waals surface area contributed by atoms with Crippen LogP contribution in [0.3, 0.4) is 0 Å². The van der Waals surface area contributed by atoms with Gasteiger partial charge in [0.25, 0.3) is 11.8 Å². The third-order valence-corrected chi connectivity index (χ3v) is 5.99. The fraction of sp³-hybridized carbons (Fsp3) is 0.154. The number of carbonyl (C=O) groups excluding carboxylic acids is 2. The molecule has 184 valence electrons. The summed E-state index contributed by atoms with van der Waals surface area (Å²) in [5.74, 6) is -4.55. The van der Waals surface area contributed by atoms with Crippen LogP contribution in [0.2, 0.25) is 0 Å². The van der Waals surface area contributed by atoms with Crippen molar-refractivity contribution in [1.29, 1.82) is 5.26 Å². The van der Waals surface area contributed by atoms with E-state index in [1.807, 2.05) is 6.07 Å². The van der Waals surface area contributed by atoms with Gasteiger partial charge in [0.2, 0.25) is 5.95 Å². The number of carbonyl (C=O) groups is 2. The number of amides is 2. The van der Waals surface area contributed by atoms with E-state index >= 15 is 0 Å². The first-order chi connectivity index (χ1) is 17.8. The Balaban J connectivity index is 1.42. The molecule has 4 aromatic rings. The molecule has 0 fully saturated rings. The molecular formula is C26H19F2N7O2. The molecule has 0 aliphatic carbocycles. The van der Waals surface area contributed by atoms with E-state index in [0.717, 1.165) is 12.4 Å². The highest BCUT2D eigenvalue weighted by molar-refractivity contribution is 6.15. The van der Waals surface area contributed by atoms with Crippen LogP contribution in [0.25, 0.3) is 0 Å². The minimum absolute atomic E-state index is 0.0225. The van der Waals surface area contributed by atoms with E-state index in [4.69, 9.17) is 5.26 Å². The van der Waals surface area contributed by atoms with Crippen LogP contribution in [0.1, 0.15) is 44.5 Å². The summed E-state index contributed by atoms with van der Waals surface area (Å²) in [5.41, 5.74) is 0.184. The van der Waals surface area contributed by atoms with Crippen molar-refractivity contribution in [3.05, 3.63) is 101 Å². The number of nitrogens with zero attached hydrogens (tertiary/aromatic N) is 6. The van der Waals surface area contributed by atoms with Gasteiger partial charge in [0, 0.05) is 23.6 Å². The molecule has 1 N–H and O–H groups in total. The molecule has 9 nitrogen and oxygen atoms in total. The highest BCUT2D eigenvalue weighted by Crippen LogP contribution is 2.35. The first kappa shape index (κ1) is 23.7. The average molecular weight is 499 g/mol. The van der Waals surface area contributed by atoms with Crippen LogP contribution in [0.15, 0.2) is 73.2 Å². The zero-order chi connectivity index (χ0) is 26.2. The predicted molar refractivity (Wildman–Crippen MR) is 129 cm³/mol. The lowest BCUT2D eigenvalue weighted by molar-refractivity contribution is 0.0421. The van der Waals surface area contributed by atoms with Gasteiger partial charge in [-0.3, -0.25) is 19.2 Å². The van der Waals surface area contributed by atoms with Crippen molar-refractivity contribution in [3.8, 4) is 6.07 Å². The van der Waals surface area contributed by atoms with Crippen LogP contribution in [-0.4, -0.2) is 37.6 Å². The van der Waals surface area contributed by atoms with Gasteiger partial charge in [-0.2, -0.15) is 19.1 Å². The molecule has 2 aromatic carbocycles. The molecule has 0 radical (unpaired) electrons. The lowest BCUT2D eigenvalue weighted by atomic mass is 10.0. The van der Waals surface area contributed by atoms with Crippen molar-refractivity contribution in [2.45, 2.75) is 25.4 Å². The number of hydrogen-bond acceptors (Lipinski definition) is 6. The molecule has 11 heteroatoms. The molecule has 0 spiro atoms.